The number of nitrogens with zero attached hydrogens (tertiary/aromatic N) is 2. The predicted octanol–water partition coefficient (Wildman–Crippen LogP) is 2.25. The van der Waals surface area contributed by atoms with Crippen LogP contribution in [0.15, 0.2) is 0 Å². The lowest BCUT2D eigenvalue weighted by Crippen LogP contribution is -2.07. The fourth-order valence-electron chi connectivity index (χ4n) is 1.06. The van der Waals surface area contributed by atoms with Crippen molar-refractivity contribution in [3.63, 3.8) is 0 Å². The Balaban J connectivity index is 3.04. The van der Waals surface area contributed by atoms with E-state index in [0.29, 0.717) is 0 Å². The zero-order valence-electron chi connectivity index (χ0n) is 8.46. The van der Waals surface area contributed by atoms with Gasteiger partial charge in [0.15, 0.2) is 5.13 Å². The van der Waals surface area contributed by atoms with Crippen LogP contribution in [0.25, 0.3) is 0 Å². The van der Waals surface area contributed by atoms with E-state index in [2.05, 4.69) is 10.9 Å². The van der Waals surface area contributed by atoms with E-state index in [0.717, 1.165) is 10.8 Å². The molecule has 1 heterocycles. The highest BCUT2D eigenvalue weighted by atomic mass is 32.1. The minimum atomic E-state index is 0.172. The van der Waals surface area contributed by atoms with Crippen LogP contribution in [0, 0.1) is 19.3 Å². The Morgan fingerprint density at radius 3 is 2.54 bits per heavy atom. The fourth-order valence-corrected chi connectivity index (χ4v) is 2.06. The van der Waals surface area contributed by atoms with E-state index >= 15 is 0 Å². The molecular formula is C10H14N2S. The van der Waals surface area contributed by atoms with Gasteiger partial charge in [-0.05, 0) is 13.8 Å². The number of aryl methyl sites for hydroxylation is 1. The standard InChI is InChI=1S/C10H14N2S/c1-6-7(2)9-8(3)11-10(13-9)12(4)5/h1,7H,2-5H3. The van der Waals surface area contributed by atoms with Gasteiger partial charge in [0.25, 0.3) is 0 Å². The van der Waals surface area contributed by atoms with Crippen molar-refractivity contribution in [3.05, 3.63) is 10.6 Å². The van der Waals surface area contributed by atoms with Gasteiger partial charge in [-0.3, -0.25) is 0 Å². The highest BCUT2D eigenvalue weighted by Gasteiger charge is 2.12. The monoisotopic (exact) mass is 194 g/mol. The lowest BCUT2D eigenvalue weighted by atomic mass is 10.1. The van der Waals surface area contributed by atoms with E-state index < -0.39 is 0 Å². The first-order valence-corrected chi connectivity index (χ1v) is 4.98. The first-order chi connectivity index (χ1) is 6.06. The van der Waals surface area contributed by atoms with Gasteiger partial charge in [-0.25, -0.2) is 4.98 Å². The molecule has 0 aliphatic rings. The molecule has 0 aliphatic carbocycles. The molecule has 0 amide bonds. The van der Waals surface area contributed by atoms with E-state index in [-0.39, 0.29) is 5.92 Å². The zero-order valence-corrected chi connectivity index (χ0v) is 9.27. The molecule has 1 atom stereocenters. The maximum atomic E-state index is 5.37. The van der Waals surface area contributed by atoms with Crippen molar-refractivity contribution < 1.29 is 0 Å². The highest BCUT2D eigenvalue weighted by molar-refractivity contribution is 7.15. The molecule has 1 rings (SSSR count). The van der Waals surface area contributed by atoms with Crippen molar-refractivity contribution in [1.29, 1.82) is 0 Å². The molecule has 0 saturated carbocycles. The van der Waals surface area contributed by atoms with Crippen molar-refractivity contribution in [2.24, 2.45) is 0 Å². The van der Waals surface area contributed by atoms with Crippen LogP contribution in [0.1, 0.15) is 23.4 Å². The average Bonchev–Trinajstić information content (AvgIpc) is 2.46. The molecule has 1 aromatic heterocycles. The second-order valence-electron chi connectivity index (χ2n) is 3.23. The van der Waals surface area contributed by atoms with Crippen LogP contribution < -0.4 is 4.90 Å². The van der Waals surface area contributed by atoms with Crippen LogP contribution >= 0.6 is 11.3 Å². The molecule has 1 unspecified atom stereocenters. The molecule has 0 aromatic carbocycles. The molecule has 2 nitrogen and oxygen atoms in total. The molecule has 13 heavy (non-hydrogen) atoms. The van der Waals surface area contributed by atoms with Gasteiger partial charge in [0.2, 0.25) is 0 Å². The first-order valence-electron chi connectivity index (χ1n) is 4.17. The second-order valence-corrected chi connectivity index (χ2v) is 4.24. The van der Waals surface area contributed by atoms with Crippen molar-refractivity contribution in [2.45, 2.75) is 19.8 Å². The summed E-state index contributed by atoms with van der Waals surface area (Å²) < 4.78 is 0. The molecule has 0 aliphatic heterocycles. The summed E-state index contributed by atoms with van der Waals surface area (Å²) in [6.45, 7) is 4.03. The molecule has 0 fully saturated rings. The number of hydrogen-bond donors (Lipinski definition) is 0. The quantitative estimate of drug-likeness (QED) is 0.671. The summed E-state index contributed by atoms with van der Waals surface area (Å²) in [4.78, 5) is 7.63. The Bertz CT molecular complexity index is 333. The molecule has 3 heteroatoms. The average molecular weight is 194 g/mol. The smallest absolute Gasteiger partial charge is 0.185 e. The van der Waals surface area contributed by atoms with Gasteiger partial charge in [0, 0.05) is 19.0 Å². The third kappa shape index (κ3) is 2.02. The minimum absolute atomic E-state index is 0.172. The van der Waals surface area contributed by atoms with Gasteiger partial charge >= 0.3 is 0 Å². The Kier molecular flexibility index (Phi) is 2.94. The summed E-state index contributed by atoms with van der Waals surface area (Å²) in [5.74, 6) is 2.90. The molecule has 0 spiro atoms. The number of hydrogen-bond acceptors (Lipinski definition) is 3. The first kappa shape index (κ1) is 10.1. The van der Waals surface area contributed by atoms with Gasteiger partial charge in [-0.2, -0.15) is 0 Å². The lowest BCUT2D eigenvalue weighted by Gasteiger charge is -2.05. The summed E-state index contributed by atoms with van der Waals surface area (Å²) in [6.07, 6.45) is 5.37. The summed E-state index contributed by atoms with van der Waals surface area (Å²) >= 11 is 1.67. The Morgan fingerprint density at radius 2 is 2.15 bits per heavy atom. The van der Waals surface area contributed by atoms with Gasteiger partial charge in [0.1, 0.15) is 0 Å². The molecule has 1 aromatic rings. The van der Waals surface area contributed by atoms with Crippen LogP contribution in [-0.4, -0.2) is 19.1 Å². The minimum Gasteiger partial charge on any atom is -0.354 e. The number of anilines is 1. The van der Waals surface area contributed by atoms with Gasteiger partial charge in [-0.15, -0.1) is 17.8 Å². The van der Waals surface area contributed by atoms with Gasteiger partial charge < -0.3 is 4.90 Å². The van der Waals surface area contributed by atoms with E-state index in [9.17, 15) is 0 Å². The predicted molar refractivity (Wildman–Crippen MR) is 58.4 cm³/mol. The van der Waals surface area contributed by atoms with Crippen LogP contribution in [0.2, 0.25) is 0 Å². The zero-order chi connectivity index (χ0) is 10.0. The van der Waals surface area contributed by atoms with Crippen molar-refractivity contribution in [1.82, 2.24) is 4.98 Å². The Labute approximate surface area is 83.6 Å². The molecule has 0 saturated heterocycles. The van der Waals surface area contributed by atoms with Crippen LogP contribution in [0.3, 0.4) is 0 Å². The summed E-state index contributed by atoms with van der Waals surface area (Å²) in [6, 6.07) is 0. The molecule has 0 radical (unpaired) electrons. The second kappa shape index (κ2) is 3.80. The van der Waals surface area contributed by atoms with E-state index in [1.54, 1.807) is 11.3 Å². The van der Waals surface area contributed by atoms with E-state index in [1.807, 2.05) is 32.8 Å². The van der Waals surface area contributed by atoms with Gasteiger partial charge in [-0.1, -0.05) is 5.92 Å². The summed E-state index contributed by atoms with van der Waals surface area (Å²) in [7, 11) is 3.98. The summed E-state index contributed by atoms with van der Waals surface area (Å²) in [5, 5.41) is 1.02. The van der Waals surface area contributed by atoms with Crippen molar-refractivity contribution in [3.8, 4) is 12.3 Å². The van der Waals surface area contributed by atoms with Crippen LogP contribution in [0.4, 0.5) is 5.13 Å². The molecular weight excluding hydrogens is 180 g/mol. The van der Waals surface area contributed by atoms with Crippen LogP contribution in [-0.2, 0) is 0 Å². The normalized spacial score (nSPS) is 12.2. The molecule has 0 bridgehead atoms. The van der Waals surface area contributed by atoms with E-state index in [1.165, 1.54) is 4.88 Å². The van der Waals surface area contributed by atoms with Crippen molar-refractivity contribution in [2.75, 3.05) is 19.0 Å². The number of aromatic nitrogens is 1. The Hall–Kier alpha value is -1.01. The third-order valence-electron chi connectivity index (χ3n) is 1.85. The van der Waals surface area contributed by atoms with E-state index in [4.69, 9.17) is 6.42 Å². The third-order valence-corrected chi connectivity index (χ3v) is 3.35. The highest BCUT2D eigenvalue weighted by Crippen LogP contribution is 2.30. The number of thiazole rings is 1. The van der Waals surface area contributed by atoms with Crippen molar-refractivity contribution >= 4 is 16.5 Å². The lowest BCUT2D eigenvalue weighted by molar-refractivity contribution is 0.999. The van der Waals surface area contributed by atoms with Crippen LogP contribution in [0.5, 0.6) is 0 Å². The SMILES string of the molecule is C#CC(C)c1sc(N(C)C)nc1C. The maximum absolute atomic E-state index is 5.37. The van der Waals surface area contributed by atoms with Gasteiger partial charge in [0.05, 0.1) is 11.6 Å². The number of terminal acetylenes is 1. The largest absolute Gasteiger partial charge is 0.354 e. The topological polar surface area (TPSA) is 16.1 Å². The fraction of sp³-hybridized carbons (Fsp3) is 0.500. The summed E-state index contributed by atoms with van der Waals surface area (Å²) in [5.41, 5.74) is 1.05. The number of rotatable bonds is 2. The maximum Gasteiger partial charge on any atom is 0.185 e. The molecule has 70 valence electrons. The molecule has 0 N–H and O–H groups in total. The Morgan fingerprint density at radius 1 is 1.54 bits per heavy atom.